The van der Waals surface area contributed by atoms with E-state index in [4.69, 9.17) is 9.47 Å². The minimum atomic E-state index is -0.382. The lowest BCUT2D eigenvalue weighted by Crippen LogP contribution is -2.19. The molecule has 0 fully saturated rings. The lowest BCUT2D eigenvalue weighted by Gasteiger charge is -2.10. The third-order valence-corrected chi connectivity index (χ3v) is 4.76. The number of benzene rings is 2. The topological polar surface area (TPSA) is 72.5 Å². The molecule has 0 saturated heterocycles. The van der Waals surface area contributed by atoms with Crippen molar-refractivity contribution >= 4 is 28.2 Å². The molecular weight excluding hydrogens is 362 g/mol. The van der Waals surface area contributed by atoms with Crippen LogP contribution >= 0.6 is 11.3 Å². The summed E-state index contributed by atoms with van der Waals surface area (Å²) in [5, 5.41) is 7.99. The zero-order valence-corrected chi connectivity index (χ0v) is 16.4. The van der Waals surface area contributed by atoms with Crippen molar-refractivity contribution in [2.45, 2.75) is 13.8 Å². The first-order chi connectivity index (χ1) is 13.0. The van der Waals surface area contributed by atoms with Crippen LogP contribution in [0.15, 0.2) is 41.8 Å². The highest BCUT2D eigenvalue weighted by Gasteiger charge is 2.11. The molecule has 140 valence electrons. The molecule has 3 rings (SSSR count). The first kappa shape index (κ1) is 18.7. The van der Waals surface area contributed by atoms with Crippen LogP contribution in [0.4, 0.5) is 15.6 Å². The Morgan fingerprint density at radius 2 is 1.70 bits per heavy atom. The van der Waals surface area contributed by atoms with Gasteiger partial charge in [0.25, 0.3) is 0 Å². The van der Waals surface area contributed by atoms with Gasteiger partial charge in [-0.1, -0.05) is 17.7 Å². The molecule has 0 bridgehead atoms. The molecule has 7 heteroatoms. The molecule has 0 aliphatic carbocycles. The highest BCUT2D eigenvalue weighted by molar-refractivity contribution is 7.14. The number of hydrogen-bond acceptors (Lipinski definition) is 5. The summed E-state index contributed by atoms with van der Waals surface area (Å²) >= 11 is 1.38. The van der Waals surface area contributed by atoms with Gasteiger partial charge >= 0.3 is 6.03 Å². The van der Waals surface area contributed by atoms with E-state index in [1.807, 2.05) is 19.2 Å². The Labute approximate surface area is 162 Å². The molecule has 1 heterocycles. The monoisotopic (exact) mass is 383 g/mol. The van der Waals surface area contributed by atoms with Crippen molar-refractivity contribution in [2.24, 2.45) is 0 Å². The second-order valence-electron chi connectivity index (χ2n) is 6.04. The van der Waals surface area contributed by atoms with Crippen LogP contribution < -0.4 is 20.1 Å². The molecule has 0 aliphatic heterocycles. The van der Waals surface area contributed by atoms with Gasteiger partial charge in [-0.15, -0.1) is 11.3 Å². The van der Waals surface area contributed by atoms with Crippen LogP contribution in [0.25, 0.3) is 11.3 Å². The van der Waals surface area contributed by atoms with E-state index >= 15 is 0 Å². The summed E-state index contributed by atoms with van der Waals surface area (Å²) in [4.78, 5) is 16.8. The van der Waals surface area contributed by atoms with Gasteiger partial charge in [-0.05, 0) is 25.5 Å². The fraction of sp³-hybridized carbons (Fsp3) is 0.200. The number of carbonyl (C=O) groups excluding carboxylic acids is 1. The molecule has 6 nitrogen and oxygen atoms in total. The van der Waals surface area contributed by atoms with Gasteiger partial charge in [0.05, 0.1) is 19.9 Å². The number of rotatable bonds is 5. The van der Waals surface area contributed by atoms with Crippen LogP contribution in [0.1, 0.15) is 11.1 Å². The summed E-state index contributed by atoms with van der Waals surface area (Å²) in [7, 11) is 3.12. The number of amides is 2. The molecule has 0 unspecified atom stereocenters. The van der Waals surface area contributed by atoms with Crippen molar-refractivity contribution in [3.05, 3.63) is 52.9 Å². The van der Waals surface area contributed by atoms with Crippen LogP contribution in [-0.2, 0) is 0 Å². The van der Waals surface area contributed by atoms with E-state index < -0.39 is 0 Å². The fourth-order valence-corrected chi connectivity index (χ4v) is 3.31. The molecule has 3 aromatic rings. The van der Waals surface area contributed by atoms with Crippen molar-refractivity contribution < 1.29 is 14.3 Å². The third-order valence-electron chi connectivity index (χ3n) is 4.00. The smallest absolute Gasteiger partial charge is 0.325 e. The average molecular weight is 383 g/mol. The Balaban J connectivity index is 1.72. The van der Waals surface area contributed by atoms with Crippen LogP contribution in [0.3, 0.4) is 0 Å². The highest BCUT2D eigenvalue weighted by atomic mass is 32.1. The Bertz CT molecular complexity index is 947. The number of anilines is 2. The molecule has 0 saturated carbocycles. The predicted octanol–water partition coefficient (Wildman–Crippen LogP) is 5.09. The van der Waals surface area contributed by atoms with Crippen molar-refractivity contribution in [3.63, 3.8) is 0 Å². The van der Waals surface area contributed by atoms with E-state index in [-0.39, 0.29) is 6.03 Å². The van der Waals surface area contributed by atoms with Gasteiger partial charge in [0, 0.05) is 34.8 Å². The lowest BCUT2D eigenvalue weighted by atomic mass is 10.0. The molecule has 2 aromatic carbocycles. The van der Waals surface area contributed by atoms with E-state index in [2.05, 4.69) is 33.8 Å². The quantitative estimate of drug-likeness (QED) is 0.644. The van der Waals surface area contributed by atoms with Crippen LogP contribution in [-0.4, -0.2) is 25.2 Å². The van der Waals surface area contributed by atoms with Crippen molar-refractivity contribution in [1.29, 1.82) is 0 Å². The summed E-state index contributed by atoms with van der Waals surface area (Å²) in [6.07, 6.45) is 0. The number of ether oxygens (including phenoxy) is 2. The number of nitrogens with one attached hydrogen (secondary N) is 2. The summed E-state index contributed by atoms with van der Waals surface area (Å²) < 4.78 is 10.4. The number of thiazole rings is 1. The van der Waals surface area contributed by atoms with Gasteiger partial charge in [0.15, 0.2) is 5.13 Å². The molecule has 0 aliphatic rings. The zero-order valence-electron chi connectivity index (χ0n) is 15.6. The van der Waals surface area contributed by atoms with E-state index in [0.29, 0.717) is 22.3 Å². The van der Waals surface area contributed by atoms with E-state index in [0.717, 1.165) is 16.8 Å². The van der Waals surface area contributed by atoms with Gasteiger partial charge < -0.3 is 14.8 Å². The minimum absolute atomic E-state index is 0.382. The molecule has 2 N–H and O–H groups in total. The first-order valence-electron chi connectivity index (χ1n) is 8.32. The van der Waals surface area contributed by atoms with Gasteiger partial charge in [0.1, 0.15) is 11.5 Å². The van der Waals surface area contributed by atoms with Crippen LogP contribution in [0.5, 0.6) is 11.5 Å². The summed E-state index contributed by atoms with van der Waals surface area (Å²) in [6.45, 7) is 4.09. The van der Waals surface area contributed by atoms with Crippen LogP contribution in [0.2, 0.25) is 0 Å². The molecule has 27 heavy (non-hydrogen) atoms. The number of urea groups is 1. The molecule has 1 aromatic heterocycles. The number of hydrogen-bond donors (Lipinski definition) is 2. The number of nitrogens with zero attached hydrogens (tertiary/aromatic N) is 1. The average Bonchev–Trinajstić information content (AvgIpc) is 3.11. The number of aromatic nitrogens is 1. The van der Waals surface area contributed by atoms with Crippen molar-refractivity contribution in [3.8, 4) is 22.8 Å². The Hall–Kier alpha value is -3.06. The largest absolute Gasteiger partial charge is 0.497 e. The third kappa shape index (κ3) is 4.57. The maximum atomic E-state index is 12.3. The fourth-order valence-electron chi connectivity index (χ4n) is 2.61. The second-order valence-corrected chi connectivity index (χ2v) is 6.89. The van der Waals surface area contributed by atoms with Gasteiger partial charge in [0.2, 0.25) is 0 Å². The Kier molecular flexibility index (Phi) is 5.61. The Morgan fingerprint density at radius 3 is 2.37 bits per heavy atom. The van der Waals surface area contributed by atoms with Gasteiger partial charge in [-0.2, -0.15) is 0 Å². The van der Waals surface area contributed by atoms with E-state index in [1.54, 1.807) is 32.4 Å². The van der Waals surface area contributed by atoms with Crippen molar-refractivity contribution in [2.75, 3.05) is 24.9 Å². The molecule has 0 spiro atoms. The number of aryl methyl sites for hydroxylation is 2. The predicted molar refractivity (Wildman–Crippen MR) is 109 cm³/mol. The standard InChI is InChI=1S/C20H21N3O3S/c1-12-5-6-13(2)17(7-12)18-11-27-20(22-18)23-19(24)21-14-8-15(25-3)10-16(9-14)26-4/h5-11H,1-4H3,(H2,21,22,23,24). The minimum Gasteiger partial charge on any atom is -0.497 e. The van der Waals surface area contributed by atoms with Gasteiger partial charge in [-0.3, -0.25) is 5.32 Å². The number of carbonyl (C=O) groups is 1. The van der Waals surface area contributed by atoms with E-state index in [1.165, 1.54) is 16.9 Å². The zero-order chi connectivity index (χ0) is 19.4. The summed E-state index contributed by atoms with van der Waals surface area (Å²) in [6, 6.07) is 11.0. The highest BCUT2D eigenvalue weighted by Crippen LogP contribution is 2.29. The molecule has 0 atom stereocenters. The SMILES string of the molecule is COc1cc(NC(=O)Nc2nc(-c3cc(C)ccc3C)cs2)cc(OC)c1. The Morgan fingerprint density at radius 1 is 1.00 bits per heavy atom. The normalized spacial score (nSPS) is 10.4. The molecule has 0 radical (unpaired) electrons. The van der Waals surface area contributed by atoms with Gasteiger partial charge in [-0.25, -0.2) is 9.78 Å². The maximum absolute atomic E-state index is 12.3. The second kappa shape index (κ2) is 8.09. The lowest BCUT2D eigenvalue weighted by molar-refractivity contribution is 0.262. The molecule has 2 amide bonds. The molecular formula is C20H21N3O3S. The maximum Gasteiger partial charge on any atom is 0.325 e. The summed E-state index contributed by atoms with van der Waals surface area (Å²) in [5.74, 6) is 1.19. The summed E-state index contributed by atoms with van der Waals surface area (Å²) in [5.41, 5.74) is 4.79. The van der Waals surface area contributed by atoms with E-state index in [9.17, 15) is 4.79 Å². The number of methoxy groups -OCH3 is 2. The first-order valence-corrected chi connectivity index (χ1v) is 9.20. The van der Waals surface area contributed by atoms with Crippen molar-refractivity contribution in [1.82, 2.24) is 4.98 Å². The van der Waals surface area contributed by atoms with Crippen LogP contribution in [0, 0.1) is 13.8 Å².